The fourth-order valence-electron chi connectivity index (χ4n) is 2.75. The molecule has 0 spiro atoms. The third kappa shape index (κ3) is 4.41. The summed E-state index contributed by atoms with van der Waals surface area (Å²) in [6, 6.07) is 1.80. The van der Waals surface area contributed by atoms with E-state index >= 15 is 0 Å². The summed E-state index contributed by atoms with van der Waals surface area (Å²) in [6.07, 6.45) is 2.46. The lowest BCUT2D eigenvalue weighted by Crippen LogP contribution is -2.47. The van der Waals surface area contributed by atoms with Gasteiger partial charge in [-0.2, -0.15) is 13.2 Å². The largest absolute Gasteiger partial charge is 0.503 e. The van der Waals surface area contributed by atoms with E-state index in [4.69, 9.17) is 0 Å². The number of sulfone groups is 1. The number of carbonyl (C=O) groups excluding carboxylic acids is 1. The quantitative estimate of drug-likeness (QED) is 0.704. The van der Waals surface area contributed by atoms with Crippen LogP contribution in [0.2, 0.25) is 0 Å². The summed E-state index contributed by atoms with van der Waals surface area (Å²) >= 11 is 0. The molecular formula is C14H18F3N3O5S2. The van der Waals surface area contributed by atoms with E-state index in [9.17, 15) is 34.8 Å². The molecule has 1 fully saturated rings. The molecule has 0 saturated carbocycles. The van der Waals surface area contributed by atoms with Crippen molar-refractivity contribution in [2.45, 2.75) is 29.4 Å². The Bertz CT molecular complexity index is 924. The maximum atomic E-state index is 12.8. The Labute approximate surface area is 154 Å². The van der Waals surface area contributed by atoms with Crippen molar-refractivity contribution in [3.05, 3.63) is 23.9 Å². The maximum absolute atomic E-state index is 12.8. The van der Waals surface area contributed by atoms with Gasteiger partial charge in [-0.3, -0.25) is 4.79 Å². The van der Waals surface area contributed by atoms with E-state index in [-0.39, 0.29) is 32.0 Å². The number of carbonyl (C=O) groups is 1. The molecule has 2 heterocycles. The lowest BCUT2D eigenvalue weighted by Gasteiger charge is -2.35. The van der Waals surface area contributed by atoms with Gasteiger partial charge in [0.05, 0.1) is 11.8 Å². The third-order valence-corrected chi connectivity index (χ3v) is 7.14. The van der Waals surface area contributed by atoms with Gasteiger partial charge in [-0.05, 0) is 25.0 Å². The van der Waals surface area contributed by atoms with E-state index in [1.807, 2.05) is 0 Å². The molecule has 1 amide bonds. The van der Waals surface area contributed by atoms with E-state index < -0.39 is 41.9 Å². The van der Waals surface area contributed by atoms with Gasteiger partial charge in [0.25, 0.3) is 15.7 Å². The molecule has 0 bridgehead atoms. The predicted molar refractivity (Wildman–Crippen MR) is 89.0 cm³/mol. The zero-order valence-corrected chi connectivity index (χ0v) is 16.1. The molecule has 1 saturated heterocycles. The Kier molecular flexibility index (Phi) is 5.88. The molecule has 1 aromatic rings. The molecular weight excluding hydrogens is 411 g/mol. The van der Waals surface area contributed by atoms with Crippen molar-refractivity contribution in [1.29, 1.82) is 0 Å². The van der Waals surface area contributed by atoms with Crippen LogP contribution in [0.25, 0.3) is 0 Å². The summed E-state index contributed by atoms with van der Waals surface area (Å²) in [7, 11) is -7.79. The van der Waals surface area contributed by atoms with Crippen molar-refractivity contribution >= 4 is 25.8 Å². The summed E-state index contributed by atoms with van der Waals surface area (Å²) in [4.78, 5) is 17.0. The summed E-state index contributed by atoms with van der Waals surface area (Å²) < 4.78 is 86.2. The lowest BCUT2D eigenvalue weighted by atomic mass is 10.0. The highest BCUT2D eigenvalue weighted by Crippen LogP contribution is 2.31. The molecule has 2 rings (SSSR count). The highest BCUT2D eigenvalue weighted by Gasteiger charge is 2.49. The molecule has 0 unspecified atom stereocenters. The van der Waals surface area contributed by atoms with E-state index in [1.54, 1.807) is 0 Å². The van der Waals surface area contributed by atoms with Gasteiger partial charge in [0.2, 0.25) is 10.0 Å². The van der Waals surface area contributed by atoms with E-state index in [2.05, 4.69) is 4.98 Å². The topological polar surface area (TPSA) is 105 Å². The number of aromatic nitrogens is 1. The van der Waals surface area contributed by atoms with Crippen LogP contribution in [0.5, 0.6) is 0 Å². The van der Waals surface area contributed by atoms with Gasteiger partial charge >= 0.3 is 5.51 Å². The van der Waals surface area contributed by atoms with Crippen molar-refractivity contribution in [2.75, 3.05) is 26.4 Å². The fourth-order valence-corrected chi connectivity index (χ4v) is 4.37. The first-order valence-corrected chi connectivity index (χ1v) is 11.1. The Morgan fingerprint density at radius 1 is 1.22 bits per heavy atom. The van der Waals surface area contributed by atoms with Crippen LogP contribution in [0.4, 0.5) is 13.2 Å². The molecule has 27 heavy (non-hydrogen) atoms. The smallest absolute Gasteiger partial charge is 0.338 e. The SMILES string of the molecule is CN(C1CCN(C(=O)c2cccnc2S(=O)(=O)C(F)(F)F)CC1)S(C)(=O)=O. The molecule has 0 aliphatic carbocycles. The lowest BCUT2D eigenvalue weighted by molar-refractivity contribution is -0.0438. The van der Waals surface area contributed by atoms with Gasteiger partial charge in [0.1, 0.15) is 0 Å². The molecule has 0 aromatic carbocycles. The highest BCUT2D eigenvalue weighted by atomic mass is 32.2. The zero-order chi connectivity index (χ0) is 20.6. The van der Waals surface area contributed by atoms with Crippen molar-refractivity contribution in [2.24, 2.45) is 0 Å². The van der Waals surface area contributed by atoms with Crippen molar-refractivity contribution in [1.82, 2.24) is 14.2 Å². The predicted octanol–water partition coefficient (Wildman–Crippen LogP) is 0.871. The molecule has 8 nitrogen and oxygen atoms in total. The van der Waals surface area contributed by atoms with Crippen LogP contribution in [0.1, 0.15) is 23.2 Å². The Balaban J connectivity index is 2.24. The number of piperidine rings is 1. The van der Waals surface area contributed by atoms with Crippen molar-refractivity contribution in [3.63, 3.8) is 0 Å². The summed E-state index contributed by atoms with van der Waals surface area (Å²) in [6.45, 7) is 0.146. The van der Waals surface area contributed by atoms with Crippen LogP contribution in [0.3, 0.4) is 0 Å². The fraction of sp³-hybridized carbons (Fsp3) is 0.571. The molecule has 1 aliphatic rings. The first-order valence-electron chi connectivity index (χ1n) is 7.75. The minimum atomic E-state index is -5.78. The van der Waals surface area contributed by atoms with Gasteiger partial charge in [-0.15, -0.1) is 0 Å². The first kappa shape index (κ1) is 21.6. The molecule has 152 valence electrons. The van der Waals surface area contributed by atoms with E-state index in [0.717, 1.165) is 18.5 Å². The number of likely N-dealkylation sites (tertiary alicyclic amines) is 1. The number of rotatable bonds is 4. The zero-order valence-electron chi connectivity index (χ0n) is 14.5. The number of amides is 1. The second kappa shape index (κ2) is 7.36. The summed E-state index contributed by atoms with van der Waals surface area (Å²) in [5.41, 5.74) is -6.24. The second-order valence-electron chi connectivity index (χ2n) is 6.11. The van der Waals surface area contributed by atoms with Crippen LogP contribution in [0.15, 0.2) is 23.4 Å². The number of nitrogens with zero attached hydrogens (tertiary/aromatic N) is 3. The van der Waals surface area contributed by atoms with Crippen LogP contribution >= 0.6 is 0 Å². The standard InChI is InChI=1S/C14H18F3N3O5S2/c1-19(26(2,22)23)10-5-8-20(9-6-10)13(21)11-4-3-7-18-12(11)27(24,25)14(15,16)17/h3-4,7,10H,5-6,8-9H2,1-2H3. The second-order valence-corrected chi connectivity index (χ2v) is 10.0. The summed E-state index contributed by atoms with van der Waals surface area (Å²) in [5, 5.41) is -1.34. The molecule has 1 aromatic heterocycles. The molecule has 0 radical (unpaired) electrons. The Morgan fingerprint density at radius 2 is 1.78 bits per heavy atom. The average molecular weight is 429 g/mol. The van der Waals surface area contributed by atoms with Crippen LogP contribution in [0, 0.1) is 0 Å². The number of halogens is 3. The minimum Gasteiger partial charge on any atom is -0.338 e. The highest BCUT2D eigenvalue weighted by molar-refractivity contribution is 7.92. The normalized spacial score (nSPS) is 17.3. The van der Waals surface area contributed by atoms with Crippen LogP contribution < -0.4 is 0 Å². The van der Waals surface area contributed by atoms with Gasteiger partial charge in [-0.25, -0.2) is 26.1 Å². The number of hydrogen-bond donors (Lipinski definition) is 0. The Hall–Kier alpha value is -1.73. The monoisotopic (exact) mass is 429 g/mol. The third-order valence-electron chi connectivity index (χ3n) is 4.35. The van der Waals surface area contributed by atoms with E-state index in [1.165, 1.54) is 22.3 Å². The van der Waals surface area contributed by atoms with Crippen LogP contribution in [-0.4, -0.2) is 74.9 Å². The summed E-state index contributed by atoms with van der Waals surface area (Å²) in [5.74, 6) is -0.897. The maximum Gasteiger partial charge on any atom is 0.503 e. The van der Waals surface area contributed by atoms with Crippen LogP contribution in [-0.2, 0) is 19.9 Å². The number of hydrogen-bond acceptors (Lipinski definition) is 6. The van der Waals surface area contributed by atoms with Gasteiger partial charge < -0.3 is 4.90 Å². The molecule has 0 N–H and O–H groups in total. The number of pyridine rings is 1. The van der Waals surface area contributed by atoms with Gasteiger partial charge in [0.15, 0.2) is 5.03 Å². The Morgan fingerprint density at radius 3 is 2.26 bits per heavy atom. The van der Waals surface area contributed by atoms with Gasteiger partial charge in [-0.1, -0.05) is 0 Å². The number of sulfonamides is 1. The first-order chi connectivity index (χ1) is 12.3. The van der Waals surface area contributed by atoms with Gasteiger partial charge in [0, 0.05) is 32.4 Å². The van der Waals surface area contributed by atoms with Crippen molar-refractivity contribution < 1.29 is 34.8 Å². The molecule has 1 aliphatic heterocycles. The molecule has 13 heteroatoms. The average Bonchev–Trinajstić information content (AvgIpc) is 2.59. The number of alkyl halides is 3. The van der Waals surface area contributed by atoms with Crippen molar-refractivity contribution in [3.8, 4) is 0 Å². The molecule has 0 atom stereocenters. The van der Waals surface area contributed by atoms with E-state index in [0.29, 0.717) is 0 Å². The minimum absolute atomic E-state index is 0.0732.